The molecule has 0 aromatic carbocycles. The van der Waals surface area contributed by atoms with Crippen molar-refractivity contribution >= 4 is 5.97 Å². The van der Waals surface area contributed by atoms with Gasteiger partial charge < -0.3 is 18.6 Å². The minimum atomic E-state index is -0.798. The number of rotatable bonds is 3. The molecule has 7 nitrogen and oxygen atoms in total. The summed E-state index contributed by atoms with van der Waals surface area (Å²) in [4.78, 5) is 24.1. The maximum atomic E-state index is 12.2. The van der Waals surface area contributed by atoms with E-state index in [1.54, 1.807) is 12.1 Å². The third-order valence-corrected chi connectivity index (χ3v) is 7.04. The molecule has 4 saturated heterocycles. The number of carbonyl (C=O) groups is 1. The highest BCUT2D eigenvalue weighted by atomic mass is 17.3. The van der Waals surface area contributed by atoms with Gasteiger partial charge >= 0.3 is 5.97 Å². The van der Waals surface area contributed by atoms with E-state index in [0.717, 1.165) is 25.7 Å². The first-order valence-corrected chi connectivity index (χ1v) is 9.79. The number of hydrogen-bond donors (Lipinski definition) is 0. The van der Waals surface area contributed by atoms with E-state index in [0.29, 0.717) is 5.92 Å². The third-order valence-electron chi connectivity index (χ3n) is 7.04. The van der Waals surface area contributed by atoms with Gasteiger partial charge in [-0.15, -0.1) is 0 Å². The minimum Gasteiger partial charge on any atom is -0.457 e. The predicted molar refractivity (Wildman–Crippen MR) is 91.3 cm³/mol. The van der Waals surface area contributed by atoms with Crippen LogP contribution in [0.2, 0.25) is 0 Å². The molecule has 1 aromatic rings. The van der Waals surface area contributed by atoms with Gasteiger partial charge in [-0.2, -0.15) is 0 Å². The molecular weight excluding hydrogens is 352 g/mol. The van der Waals surface area contributed by atoms with E-state index >= 15 is 0 Å². The van der Waals surface area contributed by atoms with Crippen molar-refractivity contribution in [1.29, 1.82) is 0 Å². The largest absolute Gasteiger partial charge is 0.457 e. The predicted octanol–water partition coefficient (Wildman–Crippen LogP) is 3.44. The molecule has 1 aliphatic carbocycles. The molecule has 5 aliphatic rings. The third kappa shape index (κ3) is 2.45. The highest BCUT2D eigenvalue weighted by molar-refractivity contribution is 5.86. The van der Waals surface area contributed by atoms with Crippen LogP contribution in [-0.4, -0.2) is 35.9 Å². The van der Waals surface area contributed by atoms with Crippen LogP contribution in [0.3, 0.4) is 0 Å². The van der Waals surface area contributed by atoms with E-state index in [4.69, 9.17) is 28.4 Å². The summed E-state index contributed by atoms with van der Waals surface area (Å²) in [5.41, 5.74) is -1.36. The molecule has 148 valence electrons. The van der Waals surface area contributed by atoms with Crippen molar-refractivity contribution in [1.82, 2.24) is 0 Å². The lowest BCUT2D eigenvalue weighted by Crippen LogP contribution is -2.62. The van der Waals surface area contributed by atoms with Crippen LogP contribution >= 0.6 is 0 Å². The van der Waals surface area contributed by atoms with Gasteiger partial charge in [0.15, 0.2) is 11.9 Å². The summed E-state index contributed by atoms with van der Waals surface area (Å²) >= 11 is 0. The van der Waals surface area contributed by atoms with Crippen molar-refractivity contribution in [2.24, 2.45) is 17.8 Å². The first-order valence-electron chi connectivity index (χ1n) is 9.79. The Balaban J connectivity index is 1.44. The Kier molecular flexibility index (Phi) is 3.79. The molecule has 0 radical (unpaired) electrons. The van der Waals surface area contributed by atoms with E-state index in [-0.39, 0.29) is 24.2 Å². The van der Waals surface area contributed by atoms with E-state index in [1.807, 2.05) is 13.8 Å². The Morgan fingerprint density at radius 2 is 2.07 bits per heavy atom. The Morgan fingerprint density at radius 1 is 1.22 bits per heavy atom. The van der Waals surface area contributed by atoms with Crippen LogP contribution < -0.4 is 0 Å². The molecule has 1 saturated carbocycles. The number of carbonyl (C=O) groups excluding carboxylic acids is 1. The molecule has 7 atom stereocenters. The summed E-state index contributed by atoms with van der Waals surface area (Å²) < 4.78 is 23.3. The number of hydrogen-bond acceptors (Lipinski definition) is 7. The second-order valence-corrected chi connectivity index (χ2v) is 8.84. The van der Waals surface area contributed by atoms with E-state index in [9.17, 15) is 4.79 Å². The zero-order valence-corrected chi connectivity index (χ0v) is 15.9. The van der Waals surface area contributed by atoms with Crippen LogP contribution in [0.25, 0.3) is 0 Å². The van der Waals surface area contributed by atoms with Crippen LogP contribution in [0.1, 0.15) is 57.0 Å². The topological polar surface area (TPSA) is 76.4 Å². The fourth-order valence-electron chi connectivity index (χ4n) is 5.62. The monoisotopic (exact) mass is 378 g/mol. The lowest BCUT2D eigenvalue weighted by atomic mass is 9.60. The van der Waals surface area contributed by atoms with E-state index in [2.05, 4.69) is 6.92 Å². The summed E-state index contributed by atoms with van der Waals surface area (Å²) in [5, 5.41) is 0. The Labute approximate surface area is 158 Å². The zero-order valence-electron chi connectivity index (χ0n) is 15.9. The number of ether oxygens (including phenoxy) is 3. The van der Waals surface area contributed by atoms with E-state index < -0.39 is 29.2 Å². The average Bonchev–Trinajstić information content (AvgIpc) is 3.17. The summed E-state index contributed by atoms with van der Waals surface area (Å²) in [6, 6.07) is 3.25. The zero-order chi connectivity index (χ0) is 18.9. The van der Waals surface area contributed by atoms with Crippen LogP contribution in [0.4, 0.5) is 0 Å². The molecule has 5 heterocycles. The molecule has 2 bridgehead atoms. The van der Waals surface area contributed by atoms with Gasteiger partial charge in [0, 0.05) is 12.3 Å². The molecule has 6 rings (SSSR count). The van der Waals surface area contributed by atoms with Gasteiger partial charge in [0.1, 0.15) is 12.2 Å². The maximum Gasteiger partial charge on any atom is 0.374 e. The number of esters is 1. The standard InChI is InChI=1S/C20H26O7/c1-12-6-7-15-18(2,11-23-16(21)14-5-4-10-22-14)24-17-20(15)13(12)8-9-19(3,25-17)26-27-20/h4-5,10,12-13,15,17H,6-9,11H2,1-3H3/t12-,13+,15+,17-,18?,19+,20-/m1/s1. The molecule has 0 amide bonds. The first-order chi connectivity index (χ1) is 12.9. The van der Waals surface area contributed by atoms with Gasteiger partial charge in [-0.1, -0.05) is 6.92 Å². The van der Waals surface area contributed by atoms with Gasteiger partial charge in [0.2, 0.25) is 11.5 Å². The Hall–Kier alpha value is -1.41. The molecule has 1 aromatic heterocycles. The molecular formula is C20H26O7. The quantitative estimate of drug-likeness (QED) is 0.589. The van der Waals surface area contributed by atoms with Crippen LogP contribution in [-0.2, 0) is 24.0 Å². The summed E-state index contributed by atoms with van der Waals surface area (Å²) in [6.45, 7) is 6.25. The van der Waals surface area contributed by atoms with E-state index in [1.165, 1.54) is 6.26 Å². The molecule has 7 heteroatoms. The molecule has 0 N–H and O–H groups in total. The Morgan fingerprint density at radius 3 is 2.85 bits per heavy atom. The molecule has 5 fully saturated rings. The highest BCUT2D eigenvalue weighted by Gasteiger charge is 2.74. The minimum absolute atomic E-state index is 0.0169. The highest BCUT2D eigenvalue weighted by Crippen LogP contribution is 2.63. The molecule has 27 heavy (non-hydrogen) atoms. The number of furan rings is 1. The van der Waals surface area contributed by atoms with Crippen molar-refractivity contribution in [3.63, 3.8) is 0 Å². The van der Waals surface area contributed by atoms with Crippen LogP contribution in [0.15, 0.2) is 22.8 Å². The molecule has 1 unspecified atom stereocenters. The second kappa shape index (κ2) is 5.80. The van der Waals surface area contributed by atoms with Gasteiger partial charge in [-0.3, -0.25) is 0 Å². The van der Waals surface area contributed by atoms with Gasteiger partial charge in [-0.25, -0.2) is 14.6 Å². The smallest absolute Gasteiger partial charge is 0.374 e. The summed E-state index contributed by atoms with van der Waals surface area (Å²) in [6.07, 6.45) is 4.66. The summed E-state index contributed by atoms with van der Waals surface area (Å²) in [7, 11) is 0. The Bertz CT molecular complexity index is 733. The van der Waals surface area contributed by atoms with Crippen LogP contribution in [0, 0.1) is 17.8 Å². The average molecular weight is 378 g/mol. The fraction of sp³-hybridized carbons (Fsp3) is 0.750. The molecule has 1 spiro atoms. The van der Waals surface area contributed by atoms with Crippen molar-refractivity contribution in [2.45, 2.75) is 69.7 Å². The maximum absolute atomic E-state index is 12.2. The lowest BCUT2D eigenvalue weighted by molar-refractivity contribution is -0.541. The van der Waals surface area contributed by atoms with Gasteiger partial charge in [-0.05, 0) is 57.1 Å². The second-order valence-electron chi connectivity index (χ2n) is 8.84. The van der Waals surface area contributed by atoms with Crippen molar-refractivity contribution < 1.29 is 33.2 Å². The van der Waals surface area contributed by atoms with Gasteiger partial charge in [0.05, 0.1) is 6.26 Å². The van der Waals surface area contributed by atoms with Gasteiger partial charge in [0.25, 0.3) is 0 Å². The molecule has 4 aliphatic heterocycles. The summed E-state index contributed by atoms with van der Waals surface area (Å²) in [5.74, 6) is -0.314. The lowest BCUT2D eigenvalue weighted by Gasteiger charge is -2.50. The normalized spacial score (nSPS) is 48.1. The fourth-order valence-corrected chi connectivity index (χ4v) is 5.62. The van der Waals surface area contributed by atoms with Crippen molar-refractivity contribution in [3.8, 4) is 0 Å². The SMILES string of the molecule is C[C@@H]1CC[C@H]2C(C)(COC(=O)c3ccco3)O[C@@H]3O[C@]4(C)CC[C@@H]1[C@]32OO4. The number of fused-ring (bicyclic) bond motifs is 2. The first kappa shape index (κ1) is 17.7. The van der Waals surface area contributed by atoms with Crippen LogP contribution in [0.5, 0.6) is 0 Å². The van der Waals surface area contributed by atoms with Crippen molar-refractivity contribution in [2.75, 3.05) is 6.61 Å². The van der Waals surface area contributed by atoms with Crippen molar-refractivity contribution in [3.05, 3.63) is 24.2 Å².